The summed E-state index contributed by atoms with van der Waals surface area (Å²) in [5.41, 5.74) is 0.966. The molecule has 1 aliphatic heterocycles. The second kappa shape index (κ2) is 5.82. The lowest BCUT2D eigenvalue weighted by molar-refractivity contribution is -0.118. The summed E-state index contributed by atoms with van der Waals surface area (Å²) < 4.78 is 0. The van der Waals surface area contributed by atoms with Crippen molar-refractivity contribution in [3.8, 4) is 0 Å². The average molecular weight is 232 g/mol. The number of carbonyl (C=O) groups is 1. The van der Waals surface area contributed by atoms with Crippen LogP contribution in [0.4, 0.5) is 5.69 Å². The van der Waals surface area contributed by atoms with E-state index < -0.39 is 0 Å². The van der Waals surface area contributed by atoms with E-state index in [1.807, 2.05) is 37.4 Å². The molecule has 0 aliphatic carbocycles. The minimum absolute atomic E-state index is 0.190. The first-order valence-electron chi connectivity index (χ1n) is 6.32. The zero-order valence-corrected chi connectivity index (χ0v) is 10.4. The van der Waals surface area contributed by atoms with Gasteiger partial charge in [-0.1, -0.05) is 24.6 Å². The van der Waals surface area contributed by atoms with Crippen LogP contribution in [-0.4, -0.2) is 25.5 Å². The van der Waals surface area contributed by atoms with Gasteiger partial charge >= 0.3 is 0 Å². The number of amides is 1. The number of carbonyl (C=O) groups excluding carboxylic acids is 1. The van der Waals surface area contributed by atoms with Crippen LogP contribution in [0.1, 0.15) is 25.7 Å². The molecule has 1 atom stereocenters. The number of nitrogens with zero attached hydrogens (tertiary/aromatic N) is 1. The van der Waals surface area contributed by atoms with E-state index in [9.17, 15) is 4.79 Å². The van der Waals surface area contributed by atoms with E-state index in [1.165, 1.54) is 12.8 Å². The Labute approximate surface area is 103 Å². The van der Waals surface area contributed by atoms with Gasteiger partial charge in [-0.25, -0.2) is 0 Å². The second-order valence-electron chi connectivity index (χ2n) is 4.64. The molecule has 1 amide bonds. The fourth-order valence-corrected chi connectivity index (χ4v) is 2.24. The maximum absolute atomic E-state index is 12.1. The van der Waals surface area contributed by atoms with Gasteiger partial charge in [-0.05, 0) is 31.5 Å². The quantitative estimate of drug-likeness (QED) is 0.866. The summed E-state index contributed by atoms with van der Waals surface area (Å²) in [7, 11) is 1.85. The number of rotatable bonds is 3. The number of para-hydroxylation sites is 1. The molecular formula is C14H20N2O. The van der Waals surface area contributed by atoms with Crippen LogP contribution >= 0.6 is 0 Å². The molecule has 0 aromatic heterocycles. The van der Waals surface area contributed by atoms with Gasteiger partial charge < -0.3 is 10.2 Å². The van der Waals surface area contributed by atoms with Crippen molar-refractivity contribution < 1.29 is 4.79 Å². The molecule has 3 nitrogen and oxygen atoms in total. The Balaban J connectivity index is 1.91. The molecule has 1 fully saturated rings. The third kappa shape index (κ3) is 3.30. The van der Waals surface area contributed by atoms with Crippen molar-refractivity contribution in [1.82, 2.24) is 5.32 Å². The lowest BCUT2D eigenvalue weighted by atomic mass is 10.0. The van der Waals surface area contributed by atoms with Crippen molar-refractivity contribution >= 4 is 11.6 Å². The zero-order valence-electron chi connectivity index (χ0n) is 10.4. The first kappa shape index (κ1) is 12.1. The van der Waals surface area contributed by atoms with Gasteiger partial charge in [0.1, 0.15) is 0 Å². The standard InChI is InChI=1S/C14H20N2O/c1-16(13-8-3-2-4-9-13)14(17)11-12-7-5-6-10-15-12/h2-4,8-9,12,15H,5-7,10-11H2,1H3. The van der Waals surface area contributed by atoms with Crippen LogP contribution < -0.4 is 10.2 Å². The van der Waals surface area contributed by atoms with Gasteiger partial charge in [0.05, 0.1) is 0 Å². The monoisotopic (exact) mass is 232 g/mol. The Bertz CT molecular complexity index is 358. The highest BCUT2D eigenvalue weighted by Gasteiger charge is 2.19. The van der Waals surface area contributed by atoms with Crippen molar-refractivity contribution in [2.45, 2.75) is 31.7 Å². The van der Waals surface area contributed by atoms with Crippen molar-refractivity contribution in [3.05, 3.63) is 30.3 Å². The first-order valence-corrected chi connectivity index (χ1v) is 6.32. The van der Waals surface area contributed by atoms with E-state index in [0.717, 1.165) is 18.7 Å². The van der Waals surface area contributed by atoms with Gasteiger partial charge in [0, 0.05) is 25.2 Å². The molecule has 1 unspecified atom stereocenters. The Morgan fingerprint density at radius 2 is 2.12 bits per heavy atom. The molecule has 1 aromatic rings. The van der Waals surface area contributed by atoms with E-state index in [1.54, 1.807) is 4.90 Å². The third-order valence-electron chi connectivity index (χ3n) is 3.35. The molecule has 0 spiro atoms. The van der Waals surface area contributed by atoms with Crippen LogP contribution in [0.25, 0.3) is 0 Å². The molecule has 1 aliphatic rings. The highest BCUT2D eigenvalue weighted by atomic mass is 16.2. The van der Waals surface area contributed by atoms with E-state index in [-0.39, 0.29) is 5.91 Å². The van der Waals surface area contributed by atoms with E-state index in [4.69, 9.17) is 0 Å². The number of piperidine rings is 1. The predicted octanol–water partition coefficient (Wildman–Crippen LogP) is 2.18. The Kier molecular flexibility index (Phi) is 4.15. The fraction of sp³-hybridized carbons (Fsp3) is 0.500. The maximum atomic E-state index is 12.1. The minimum Gasteiger partial charge on any atom is -0.315 e. The molecule has 1 N–H and O–H groups in total. The number of hydrogen-bond donors (Lipinski definition) is 1. The maximum Gasteiger partial charge on any atom is 0.228 e. The summed E-state index contributed by atoms with van der Waals surface area (Å²) in [4.78, 5) is 13.8. The predicted molar refractivity (Wildman–Crippen MR) is 70.1 cm³/mol. The van der Waals surface area contributed by atoms with Gasteiger partial charge in [-0.3, -0.25) is 4.79 Å². The van der Waals surface area contributed by atoms with Gasteiger partial charge in [0.15, 0.2) is 0 Å². The largest absolute Gasteiger partial charge is 0.315 e. The van der Waals surface area contributed by atoms with Crippen LogP contribution in [0.2, 0.25) is 0 Å². The number of benzene rings is 1. The SMILES string of the molecule is CN(C(=O)CC1CCCCN1)c1ccccc1. The van der Waals surface area contributed by atoms with Crippen molar-refractivity contribution in [2.24, 2.45) is 0 Å². The fourth-order valence-electron chi connectivity index (χ4n) is 2.24. The van der Waals surface area contributed by atoms with E-state index in [0.29, 0.717) is 12.5 Å². The summed E-state index contributed by atoms with van der Waals surface area (Å²) in [6.07, 6.45) is 4.19. The Morgan fingerprint density at radius 3 is 2.76 bits per heavy atom. The molecule has 1 saturated heterocycles. The van der Waals surface area contributed by atoms with Crippen LogP contribution in [0.3, 0.4) is 0 Å². The van der Waals surface area contributed by atoms with Crippen molar-refractivity contribution in [1.29, 1.82) is 0 Å². The van der Waals surface area contributed by atoms with Crippen LogP contribution in [-0.2, 0) is 4.79 Å². The van der Waals surface area contributed by atoms with Gasteiger partial charge in [0.25, 0.3) is 0 Å². The molecule has 92 valence electrons. The van der Waals surface area contributed by atoms with E-state index in [2.05, 4.69) is 5.32 Å². The van der Waals surface area contributed by atoms with Crippen molar-refractivity contribution in [3.63, 3.8) is 0 Å². The van der Waals surface area contributed by atoms with Gasteiger partial charge in [0.2, 0.25) is 5.91 Å². The highest BCUT2D eigenvalue weighted by Crippen LogP contribution is 2.15. The highest BCUT2D eigenvalue weighted by molar-refractivity contribution is 5.93. The summed E-state index contributed by atoms with van der Waals surface area (Å²) in [6.45, 7) is 1.05. The van der Waals surface area contributed by atoms with Gasteiger partial charge in [-0.2, -0.15) is 0 Å². The van der Waals surface area contributed by atoms with Crippen LogP contribution in [0.15, 0.2) is 30.3 Å². The molecule has 17 heavy (non-hydrogen) atoms. The van der Waals surface area contributed by atoms with Gasteiger partial charge in [-0.15, -0.1) is 0 Å². The molecule has 1 aromatic carbocycles. The number of nitrogens with one attached hydrogen (secondary N) is 1. The first-order chi connectivity index (χ1) is 8.27. The molecule has 0 saturated carbocycles. The molecule has 0 radical (unpaired) electrons. The number of hydrogen-bond acceptors (Lipinski definition) is 2. The smallest absolute Gasteiger partial charge is 0.228 e. The molecule has 2 rings (SSSR count). The second-order valence-corrected chi connectivity index (χ2v) is 4.64. The summed E-state index contributed by atoms with van der Waals surface area (Å²) in [6, 6.07) is 10.2. The summed E-state index contributed by atoms with van der Waals surface area (Å²) in [5, 5.41) is 3.41. The zero-order chi connectivity index (χ0) is 12.1. The third-order valence-corrected chi connectivity index (χ3v) is 3.35. The minimum atomic E-state index is 0.190. The topological polar surface area (TPSA) is 32.3 Å². The molecule has 0 bridgehead atoms. The van der Waals surface area contributed by atoms with E-state index >= 15 is 0 Å². The number of anilines is 1. The Hall–Kier alpha value is -1.35. The average Bonchev–Trinajstić information content (AvgIpc) is 2.40. The van der Waals surface area contributed by atoms with Crippen LogP contribution in [0, 0.1) is 0 Å². The lowest BCUT2D eigenvalue weighted by Gasteiger charge is -2.25. The normalized spacial score (nSPS) is 19.9. The molecule has 1 heterocycles. The van der Waals surface area contributed by atoms with Crippen LogP contribution in [0.5, 0.6) is 0 Å². The van der Waals surface area contributed by atoms with Crippen molar-refractivity contribution in [2.75, 3.05) is 18.5 Å². The Morgan fingerprint density at radius 1 is 1.35 bits per heavy atom. The summed E-state index contributed by atoms with van der Waals surface area (Å²) >= 11 is 0. The summed E-state index contributed by atoms with van der Waals surface area (Å²) in [5.74, 6) is 0.190. The molecule has 3 heteroatoms. The lowest BCUT2D eigenvalue weighted by Crippen LogP contribution is -2.39. The molecular weight excluding hydrogens is 212 g/mol.